The first-order valence-corrected chi connectivity index (χ1v) is 15.9. The second-order valence-corrected chi connectivity index (χ2v) is 11.9. The van der Waals surface area contributed by atoms with Crippen molar-refractivity contribution in [3.05, 3.63) is 88.0 Å². The molecule has 0 aliphatic carbocycles. The van der Waals surface area contributed by atoms with E-state index in [0.717, 1.165) is 17.7 Å². The van der Waals surface area contributed by atoms with Gasteiger partial charge in [0.25, 0.3) is 0 Å². The van der Waals surface area contributed by atoms with Gasteiger partial charge < -0.3 is 26.8 Å². The number of hydrogen-bond acceptors (Lipinski definition) is 10. The molecule has 0 atom stereocenters. The molecule has 0 saturated heterocycles. The summed E-state index contributed by atoms with van der Waals surface area (Å²) in [6.45, 7) is 0.390. The molecule has 4 aromatic rings. The number of urea groups is 1. The summed E-state index contributed by atoms with van der Waals surface area (Å²) in [7, 11) is -9.46. The zero-order valence-corrected chi connectivity index (χ0v) is 26.0. The fraction of sp³-hybridized carbons (Fsp3) is 0.115. The van der Waals surface area contributed by atoms with Crippen molar-refractivity contribution in [3.8, 4) is 16.9 Å². The van der Waals surface area contributed by atoms with E-state index in [1.54, 1.807) is 30.3 Å². The number of ether oxygens (including phenoxy) is 1. The molecule has 14 nitrogen and oxygen atoms in total. The molecular weight excluding hydrogens is 678 g/mol. The van der Waals surface area contributed by atoms with Gasteiger partial charge in [-0.1, -0.05) is 41.4 Å². The van der Waals surface area contributed by atoms with Gasteiger partial charge >= 0.3 is 26.7 Å². The molecule has 1 heterocycles. The summed E-state index contributed by atoms with van der Waals surface area (Å²) < 4.78 is 72.2. The van der Waals surface area contributed by atoms with Crippen molar-refractivity contribution in [1.29, 1.82) is 0 Å². The first-order valence-electron chi connectivity index (χ1n) is 12.4. The number of nitrogens with two attached hydrogens (primary N) is 2. The first kappa shape index (κ1) is 35.2. The van der Waals surface area contributed by atoms with E-state index in [1.165, 1.54) is 12.1 Å². The summed E-state index contributed by atoms with van der Waals surface area (Å²) in [5.41, 5.74) is 14.9. The van der Waals surface area contributed by atoms with E-state index >= 15 is 0 Å². The standard InChI is InChI=1S/C26H23Cl2FN6O4S.H2O4S/c27-20-10-3-16(13-21(20)28)23-22(34-25(31)35-24(23)30)14-39-18-6-1-15(2-7-18)11-12-32-26(36)33-17-4-8-19(9-5-17)40(29,37)38;1-5(2,3)4/h1-10,13H,11-12,14H2,(H2,32,33,36)(H4,30,31,34,35);(H2,1,2,3,4). The Balaban J connectivity index is 0.00000102. The van der Waals surface area contributed by atoms with E-state index in [0.29, 0.717) is 51.3 Å². The molecule has 1 aromatic heterocycles. The van der Waals surface area contributed by atoms with Crippen LogP contribution in [-0.2, 0) is 33.6 Å². The van der Waals surface area contributed by atoms with E-state index < -0.39 is 31.5 Å². The molecule has 0 unspecified atom stereocenters. The maximum absolute atomic E-state index is 13.0. The molecule has 45 heavy (non-hydrogen) atoms. The van der Waals surface area contributed by atoms with Crippen molar-refractivity contribution in [3.63, 3.8) is 0 Å². The molecule has 2 amide bonds. The maximum atomic E-state index is 13.0. The Kier molecular flexibility index (Phi) is 11.9. The number of nitrogens with one attached hydrogen (secondary N) is 2. The Labute approximate surface area is 267 Å². The largest absolute Gasteiger partial charge is 0.487 e. The van der Waals surface area contributed by atoms with Gasteiger partial charge in [0.15, 0.2) is 0 Å². The van der Waals surface area contributed by atoms with Crippen molar-refractivity contribution in [2.24, 2.45) is 0 Å². The molecule has 0 radical (unpaired) electrons. The molecule has 4 rings (SSSR count). The predicted octanol–water partition coefficient (Wildman–Crippen LogP) is 4.56. The van der Waals surface area contributed by atoms with E-state index in [9.17, 15) is 17.1 Å². The van der Waals surface area contributed by atoms with Crippen molar-refractivity contribution < 1.29 is 39.4 Å². The van der Waals surface area contributed by atoms with Crippen LogP contribution in [0.5, 0.6) is 5.75 Å². The van der Waals surface area contributed by atoms with E-state index in [-0.39, 0.29) is 18.4 Å². The lowest BCUT2D eigenvalue weighted by molar-refractivity contribution is 0.252. The minimum absolute atomic E-state index is 0.0107. The number of nitrogen functional groups attached to an aromatic ring is 2. The smallest absolute Gasteiger partial charge is 0.394 e. The third-order valence-electron chi connectivity index (χ3n) is 5.63. The van der Waals surface area contributed by atoms with Crippen LogP contribution in [0.3, 0.4) is 0 Å². The highest BCUT2D eigenvalue weighted by Gasteiger charge is 2.16. The van der Waals surface area contributed by atoms with Crippen LogP contribution in [0.1, 0.15) is 11.3 Å². The Bertz CT molecular complexity index is 1880. The molecule has 19 heteroatoms. The molecule has 8 N–H and O–H groups in total. The summed E-state index contributed by atoms with van der Waals surface area (Å²) in [6.07, 6.45) is 0.535. The zero-order valence-electron chi connectivity index (χ0n) is 22.8. The molecule has 240 valence electrons. The minimum atomic E-state index is -4.80. The van der Waals surface area contributed by atoms with Gasteiger partial charge in [0.2, 0.25) is 5.95 Å². The van der Waals surface area contributed by atoms with Gasteiger partial charge in [-0.05, 0) is 66.1 Å². The Morgan fingerprint density at radius 2 is 1.53 bits per heavy atom. The molecular formula is C26H25Cl2FN6O8S2. The number of carbonyl (C=O) groups excluding carboxylic acids is 1. The second-order valence-electron chi connectivity index (χ2n) is 8.89. The molecule has 0 aliphatic heterocycles. The molecule has 0 fully saturated rings. The first-order chi connectivity index (χ1) is 21.0. The van der Waals surface area contributed by atoms with Gasteiger partial charge in [0.05, 0.1) is 20.6 Å². The quantitative estimate of drug-likeness (QED) is 0.104. The van der Waals surface area contributed by atoms with Crippen LogP contribution in [0, 0.1) is 0 Å². The molecule has 0 bridgehead atoms. The fourth-order valence-corrected chi connectivity index (χ4v) is 4.48. The normalized spacial score (nSPS) is 11.2. The van der Waals surface area contributed by atoms with E-state index in [4.69, 9.17) is 56.9 Å². The monoisotopic (exact) mass is 702 g/mol. The summed E-state index contributed by atoms with van der Waals surface area (Å²) >= 11 is 12.2. The summed E-state index contributed by atoms with van der Waals surface area (Å²) in [5, 5.41) is 6.00. The summed E-state index contributed by atoms with van der Waals surface area (Å²) in [6, 6.07) is 16.6. The summed E-state index contributed by atoms with van der Waals surface area (Å²) in [5.74, 6) is 0.765. The molecule has 0 aliphatic rings. The van der Waals surface area contributed by atoms with Crippen molar-refractivity contribution in [1.82, 2.24) is 15.3 Å². The lowest BCUT2D eigenvalue weighted by atomic mass is 10.0. The highest BCUT2D eigenvalue weighted by Crippen LogP contribution is 2.33. The second kappa shape index (κ2) is 15.2. The Morgan fingerprint density at radius 1 is 0.911 bits per heavy atom. The summed E-state index contributed by atoms with van der Waals surface area (Å²) in [4.78, 5) is 20.0. The van der Waals surface area contributed by atoms with Crippen molar-refractivity contribution in [2.45, 2.75) is 17.9 Å². The van der Waals surface area contributed by atoms with Gasteiger partial charge in [0.1, 0.15) is 18.2 Å². The fourth-order valence-electron chi connectivity index (χ4n) is 3.72. The lowest BCUT2D eigenvalue weighted by Gasteiger charge is -2.14. The van der Waals surface area contributed by atoms with Gasteiger partial charge in [-0.3, -0.25) is 9.11 Å². The van der Waals surface area contributed by atoms with Crippen LogP contribution in [-0.4, -0.2) is 48.5 Å². The number of anilines is 3. The van der Waals surface area contributed by atoms with Crippen LogP contribution >= 0.6 is 23.2 Å². The zero-order chi connectivity index (χ0) is 33.4. The van der Waals surface area contributed by atoms with E-state index in [2.05, 4.69) is 20.6 Å². The maximum Gasteiger partial charge on any atom is 0.394 e. The lowest BCUT2D eigenvalue weighted by Crippen LogP contribution is -2.30. The molecule has 0 spiro atoms. The number of benzene rings is 3. The third kappa shape index (κ3) is 11.6. The van der Waals surface area contributed by atoms with Crippen LogP contribution < -0.4 is 26.8 Å². The minimum Gasteiger partial charge on any atom is -0.487 e. The van der Waals surface area contributed by atoms with E-state index in [1.807, 2.05) is 12.1 Å². The number of rotatable bonds is 9. The number of hydrogen-bond donors (Lipinski definition) is 6. The van der Waals surface area contributed by atoms with Crippen LogP contribution in [0.25, 0.3) is 11.1 Å². The van der Waals surface area contributed by atoms with Gasteiger partial charge in [-0.15, -0.1) is 3.89 Å². The van der Waals surface area contributed by atoms with Crippen molar-refractivity contribution >= 4 is 67.3 Å². The number of aromatic nitrogens is 2. The number of halogens is 3. The van der Waals surface area contributed by atoms with Gasteiger partial charge in [-0.2, -0.15) is 21.8 Å². The van der Waals surface area contributed by atoms with Gasteiger partial charge in [0, 0.05) is 17.8 Å². The van der Waals surface area contributed by atoms with Crippen LogP contribution in [0.15, 0.2) is 71.6 Å². The number of amides is 2. The van der Waals surface area contributed by atoms with Crippen LogP contribution in [0.4, 0.5) is 26.1 Å². The topological polar surface area (TPSA) is 237 Å². The molecule has 3 aromatic carbocycles. The Hall–Kier alpha value is -4.26. The molecule has 0 saturated carbocycles. The average molecular weight is 704 g/mol. The predicted molar refractivity (Wildman–Crippen MR) is 167 cm³/mol. The third-order valence-corrected chi connectivity index (χ3v) is 7.20. The average Bonchev–Trinajstić information content (AvgIpc) is 2.93. The highest BCUT2D eigenvalue weighted by molar-refractivity contribution is 7.86. The number of nitrogens with zero attached hydrogens (tertiary/aromatic N) is 2. The Morgan fingerprint density at radius 3 is 2.11 bits per heavy atom. The van der Waals surface area contributed by atoms with Crippen molar-refractivity contribution in [2.75, 3.05) is 23.3 Å². The number of carbonyl (C=O) groups is 1. The SMILES string of the molecule is Nc1nc(N)c(-c2ccc(Cl)c(Cl)c2)c(COc2ccc(CCNC(=O)Nc3ccc(S(=O)(=O)F)cc3)cc2)n1.O=S(=O)(O)O. The van der Waals surface area contributed by atoms with Crippen LogP contribution in [0.2, 0.25) is 10.0 Å². The van der Waals surface area contributed by atoms with Gasteiger partial charge in [-0.25, -0.2) is 9.78 Å². The highest BCUT2D eigenvalue weighted by atomic mass is 35.5.